The third kappa shape index (κ3) is 3.98. The van der Waals surface area contributed by atoms with E-state index in [1.807, 2.05) is 25.1 Å². The molecule has 1 aromatic heterocycles. The number of hydrogen-bond acceptors (Lipinski definition) is 4. The van der Waals surface area contributed by atoms with Crippen LogP contribution in [-0.2, 0) is 16.1 Å². The molecule has 3 heterocycles. The van der Waals surface area contributed by atoms with E-state index in [1.165, 1.54) is 0 Å². The molecule has 0 bridgehead atoms. The normalized spacial score (nSPS) is 26.6. The Hall–Kier alpha value is -1.60. The minimum atomic E-state index is -2.87. The molecule has 3 rings (SSSR count). The predicted octanol–water partition coefficient (Wildman–Crippen LogP) is 2.10. The van der Waals surface area contributed by atoms with Crippen LogP contribution in [-0.4, -0.2) is 66.5 Å². The summed E-state index contributed by atoms with van der Waals surface area (Å²) >= 11 is 0. The molecule has 5 nitrogen and oxygen atoms in total. The van der Waals surface area contributed by atoms with E-state index in [1.54, 1.807) is 16.9 Å². The topological polar surface area (TPSA) is 45.7 Å². The molecule has 1 atom stereocenters. The maximum atomic E-state index is 14.4. The molecule has 1 amide bonds. The zero-order chi connectivity index (χ0) is 18.1. The average Bonchev–Trinajstić information content (AvgIpc) is 2.79. The molecule has 2 saturated heterocycles. The fourth-order valence-corrected chi connectivity index (χ4v) is 4.06. The SMILES string of the molecule is COCCN1CC[C@]2(CN(Cc3cccc(C)n3)CC(F)(F)C2)C1=O. The van der Waals surface area contributed by atoms with Gasteiger partial charge in [-0.25, -0.2) is 8.78 Å². The number of rotatable bonds is 5. The molecule has 2 aliphatic rings. The fourth-order valence-electron chi connectivity index (χ4n) is 4.06. The number of nitrogens with zero attached hydrogens (tertiary/aromatic N) is 3. The lowest BCUT2D eigenvalue weighted by atomic mass is 9.77. The van der Waals surface area contributed by atoms with Crippen molar-refractivity contribution in [1.82, 2.24) is 14.8 Å². The molecule has 0 unspecified atom stereocenters. The number of carbonyl (C=O) groups excluding carboxylic acids is 1. The first kappa shape index (κ1) is 18.2. The van der Waals surface area contributed by atoms with E-state index in [0.29, 0.717) is 39.2 Å². The van der Waals surface area contributed by atoms with Crippen molar-refractivity contribution in [2.24, 2.45) is 5.41 Å². The summed E-state index contributed by atoms with van der Waals surface area (Å²) in [7, 11) is 1.57. The van der Waals surface area contributed by atoms with E-state index in [9.17, 15) is 13.6 Å². The van der Waals surface area contributed by atoms with Gasteiger partial charge >= 0.3 is 0 Å². The summed E-state index contributed by atoms with van der Waals surface area (Å²) in [5.41, 5.74) is 0.632. The first-order valence-corrected chi connectivity index (χ1v) is 8.65. The molecule has 0 saturated carbocycles. The standard InChI is InChI=1S/C18H25F2N3O2/c1-14-4-3-5-15(21-14)10-22-12-17(11-18(19,20)13-22)6-7-23(16(17)24)8-9-25-2/h3-5H,6-13H2,1-2H3/t17-/m0/s1. The van der Waals surface area contributed by atoms with Crippen molar-refractivity contribution in [2.45, 2.75) is 32.2 Å². The number of methoxy groups -OCH3 is 1. The molecular weight excluding hydrogens is 328 g/mol. The summed E-state index contributed by atoms with van der Waals surface area (Å²) in [5, 5.41) is 0. The maximum Gasteiger partial charge on any atom is 0.261 e. The van der Waals surface area contributed by atoms with E-state index >= 15 is 0 Å². The quantitative estimate of drug-likeness (QED) is 0.813. The molecule has 0 N–H and O–H groups in total. The lowest BCUT2D eigenvalue weighted by molar-refractivity contribution is -0.155. The van der Waals surface area contributed by atoms with Gasteiger partial charge in [0.15, 0.2) is 0 Å². The van der Waals surface area contributed by atoms with Gasteiger partial charge in [-0.1, -0.05) is 6.07 Å². The van der Waals surface area contributed by atoms with Crippen molar-refractivity contribution in [2.75, 3.05) is 39.9 Å². The van der Waals surface area contributed by atoms with Crippen LogP contribution in [0.2, 0.25) is 0 Å². The number of amides is 1. The minimum Gasteiger partial charge on any atom is -0.383 e. The zero-order valence-electron chi connectivity index (χ0n) is 14.8. The molecule has 2 fully saturated rings. The Morgan fingerprint density at radius 2 is 2.12 bits per heavy atom. The Labute approximate surface area is 147 Å². The Bertz CT molecular complexity index is 641. The van der Waals surface area contributed by atoms with Gasteiger partial charge in [0.05, 0.1) is 24.3 Å². The molecule has 7 heteroatoms. The summed E-state index contributed by atoms with van der Waals surface area (Å²) in [4.78, 5) is 20.6. The fraction of sp³-hybridized carbons (Fsp3) is 0.667. The van der Waals surface area contributed by atoms with Crippen LogP contribution in [0.25, 0.3) is 0 Å². The highest BCUT2D eigenvalue weighted by atomic mass is 19.3. The van der Waals surface area contributed by atoms with Gasteiger partial charge in [-0.05, 0) is 25.5 Å². The predicted molar refractivity (Wildman–Crippen MR) is 89.3 cm³/mol. The van der Waals surface area contributed by atoms with E-state index in [2.05, 4.69) is 4.98 Å². The van der Waals surface area contributed by atoms with Crippen LogP contribution in [0, 0.1) is 12.3 Å². The van der Waals surface area contributed by atoms with Crippen molar-refractivity contribution in [3.8, 4) is 0 Å². The molecule has 0 aliphatic carbocycles. The van der Waals surface area contributed by atoms with E-state index < -0.39 is 11.3 Å². The highest BCUT2D eigenvalue weighted by Gasteiger charge is 2.56. The second kappa shape index (κ2) is 6.96. The van der Waals surface area contributed by atoms with E-state index in [-0.39, 0.29) is 18.9 Å². The molecule has 138 valence electrons. The van der Waals surface area contributed by atoms with Crippen molar-refractivity contribution >= 4 is 5.91 Å². The lowest BCUT2D eigenvalue weighted by Gasteiger charge is -2.42. The van der Waals surface area contributed by atoms with Gasteiger partial charge in [0.25, 0.3) is 5.92 Å². The summed E-state index contributed by atoms with van der Waals surface area (Å²) in [6.07, 6.45) is 0.114. The Kier molecular flexibility index (Phi) is 5.06. The van der Waals surface area contributed by atoms with Gasteiger partial charge in [-0.15, -0.1) is 0 Å². The van der Waals surface area contributed by atoms with Crippen LogP contribution >= 0.6 is 0 Å². The van der Waals surface area contributed by atoms with Crippen LogP contribution in [0.1, 0.15) is 24.2 Å². The molecular formula is C18H25F2N3O2. The van der Waals surface area contributed by atoms with Crippen LogP contribution in [0.5, 0.6) is 0 Å². The highest BCUT2D eigenvalue weighted by molar-refractivity contribution is 5.85. The van der Waals surface area contributed by atoms with Crippen molar-refractivity contribution < 1.29 is 18.3 Å². The summed E-state index contributed by atoms with van der Waals surface area (Å²) in [6.45, 7) is 3.66. The number of carbonyl (C=O) groups is 1. The average molecular weight is 353 g/mol. The number of piperidine rings is 1. The van der Waals surface area contributed by atoms with Gasteiger partial charge < -0.3 is 9.64 Å². The van der Waals surface area contributed by atoms with Crippen molar-refractivity contribution in [3.63, 3.8) is 0 Å². The number of aromatic nitrogens is 1. The number of pyridine rings is 1. The largest absolute Gasteiger partial charge is 0.383 e. The van der Waals surface area contributed by atoms with Gasteiger partial charge in [0.2, 0.25) is 5.91 Å². The third-order valence-corrected chi connectivity index (χ3v) is 5.08. The molecule has 1 aromatic rings. The number of likely N-dealkylation sites (tertiary alicyclic amines) is 2. The molecule has 25 heavy (non-hydrogen) atoms. The Morgan fingerprint density at radius 1 is 1.32 bits per heavy atom. The van der Waals surface area contributed by atoms with Crippen molar-refractivity contribution in [3.05, 3.63) is 29.6 Å². The number of hydrogen-bond donors (Lipinski definition) is 0. The van der Waals surface area contributed by atoms with Gasteiger partial charge in [0.1, 0.15) is 0 Å². The number of ether oxygens (including phenoxy) is 1. The number of halogens is 2. The monoisotopic (exact) mass is 353 g/mol. The van der Waals surface area contributed by atoms with E-state index in [0.717, 1.165) is 11.4 Å². The minimum absolute atomic E-state index is 0.161. The highest BCUT2D eigenvalue weighted by Crippen LogP contribution is 2.45. The van der Waals surface area contributed by atoms with Crippen LogP contribution in [0.4, 0.5) is 8.78 Å². The van der Waals surface area contributed by atoms with Gasteiger partial charge in [0, 0.05) is 45.4 Å². The first-order chi connectivity index (χ1) is 11.8. The molecule has 1 spiro atoms. The second-order valence-corrected chi connectivity index (χ2v) is 7.26. The van der Waals surface area contributed by atoms with Crippen molar-refractivity contribution in [1.29, 1.82) is 0 Å². The maximum absolute atomic E-state index is 14.4. The Balaban J connectivity index is 1.76. The zero-order valence-corrected chi connectivity index (χ0v) is 14.8. The van der Waals surface area contributed by atoms with Crippen LogP contribution in [0.3, 0.4) is 0 Å². The second-order valence-electron chi connectivity index (χ2n) is 7.26. The lowest BCUT2D eigenvalue weighted by Crippen LogP contribution is -2.55. The molecule has 0 aromatic carbocycles. The summed E-state index contributed by atoms with van der Waals surface area (Å²) < 4.78 is 33.9. The number of alkyl halides is 2. The van der Waals surface area contributed by atoms with Gasteiger partial charge in [-0.3, -0.25) is 14.7 Å². The third-order valence-electron chi connectivity index (χ3n) is 5.08. The molecule has 2 aliphatic heterocycles. The number of aryl methyl sites for hydroxylation is 1. The summed E-state index contributed by atoms with van der Waals surface area (Å²) in [6, 6.07) is 5.60. The van der Waals surface area contributed by atoms with Gasteiger partial charge in [-0.2, -0.15) is 0 Å². The van der Waals surface area contributed by atoms with Crippen LogP contribution in [0.15, 0.2) is 18.2 Å². The van der Waals surface area contributed by atoms with E-state index in [4.69, 9.17) is 4.74 Å². The molecule has 0 radical (unpaired) electrons. The Morgan fingerprint density at radius 3 is 2.84 bits per heavy atom. The first-order valence-electron chi connectivity index (χ1n) is 8.65. The summed E-state index contributed by atoms with van der Waals surface area (Å²) in [5.74, 6) is -3.03. The van der Waals surface area contributed by atoms with Crippen LogP contribution < -0.4 is 0 Å². The smallest absolute Gasteiger partial charge is 0.261 e.